The maximum Gasteiger partial charge on any atom is 0.408 e. The Bertz CT molecular complexity index is 1520. The van der Waals surface area contributed by atoms with Crippen LogP contribution in [0.15, 0.2) is 36.5 Å². The van der Waals surface area contributed by atoms with Crippen LogP contribution in [0.2, 0.25) is 0 Å². The van der Waals surface area contributed by atoms with Crippen molar-refractivity contribution in [2.45, 2.75) is 37.9 Å². The van der Waals surface area contributed by atoms with Gasteiger partial charge in [-0.3, -0.25) is 9.36 Å². The molecule has 1 atom stereocenters. The van der Waals surface area contributed by atoms with Gasteiger partial charge in [0.1, 0.15) is 23.9 Å². The van der Waals surface area contributed by atoms with Gasteiger partial charge >= 0.3 is 6.18 Å². The molecule has 1 amide bonds. The number of rotatable bonds is 7. The standard InChI is InChI=1S/C25H27F3N10OS/c1-15(25(26,27)28)38-14-31-34-22(38)24-33-21(12-40-24)32-23(39)17-9-19(37-11-18(30-13-37)16-3-4-16)20(10-29-17)36-7-5-35(2)6-8-36/h9-16H,3-8H2,1-2H3,(H,32,39). The predicted molar refractivity (Wildman–Crippen MR) is 143 cm³/mol. The van der Waals surface area contributed by atoms with Gasteiger partial charge in [-0.15, -0.1) is 21.5 Å². The van der Waals surface area contributed by atoms with Crippen molar-refractivity contribution in [3.63, 3.8) is 0 Å². The van der Waals surface area contributed by atoms with E-state index in [0.29, 0.717) is 5.92 Å². The van der Waals surface area contributed by atoms with Gasteiger partial charge in [-0.05, 0) is 32.9 Å². The van der Waals surface area contributed by atoms with Crippen molar-refractivity contribution in [2.75, 3.05) is 43.4 Å². The first-order valence-corrected chi connectivity index (χ1v) is 13.8. The summed E-state index contributed by atoms with van der Waals surface area (Å²) in [5, 5.41) is 11.9. The lowest BCUT2D eigenvalue weighted by Gasteiger charge is -2.35. The molecule has 1 unspecified atom stereocenters. The highest BCUT2D eigenvalue weighted by Crippen LogP contribution is 2.39. The Morgan fingerprint density at radius 2 is 1.90 bits per heavy atom. The van der Waals surface area contributed by atoms with Gasteiger partial charge in [0, 0.05) is 43.7 Å². The fourth-order valence-corrected chi connectivity index (χ4v) is 5.31. The lowest BCUT2D eigenvalue weighted by molar-refractivity contribution is -0.162. The number of piperazine rings is 1. The Hall–Kier alpha value is -3.85. The van der Waals surface area contributed by atoms with E-state index in [4.69, 9.17) is 0 Å². The van der Waals surface area contributed by atoms with Crippen molar-refractivity contribution in [3.05, 3.63) is 47.9 Å². The van der Waals surface area contributed by atoms with Gasteiger partial charge in [0.05, 0.1) is 29.6 Å². The molecule has 2 aliphatic rings. The Kier molecular flexibility index (Phi) is 6.78. The molecule has 4 aromatic heterocycles. The van der Waals surface area contributed by atoms with Crippen LogP contribution in [0, 0.1) is 0 Å². The van der Waals surface area contributed by atoms with E-state index in [2.05, 4.69) is 47.3 Å². The lowest BCUT2D eigenvalue weighted by atomic mass is 10.2. The number of anilines is 2. The van der Waals surface area contributed by atoms with Crippen molar-refractivity contribution in [3.8, 4) is 16.5 Å². The summed E-state index contributed by atoms with van der Waals surface area (Å²) in [6, 6.07) is -0.0968. The van der Waals surface area contributed by atoms with E-state index in [1.54, 1.807) is 24.0 Å². The summed E-state index contributed by atoms with van der Waals surface area (Å²) >= 11 is 1.06. The smallest absolute Gasteiger partial charge is 0.366 e. The van der Waals surface area contributed by atoms with Crippen LogP contribution in [0.1, 0.15) is 47.9 Å². The zero-order valence-corrected chi connectivity index (χ0v) is 22.7. The molecular weight excluding hydrogens is 545 g/mol. The van der Waals surface area contributed by atoms with Crippen molar-refractivity contribution in [1.29, 1.82) is 0 Å². The third-order valence-electron chi connectivity index (χ3n) is 7.22. The zero-order chi connectivity index (χ0) is 28.0. The summed E-state index contributed by atoms with van der Waals surface area (Å²) in [5.74, 6) is 0.153. The van der Waals surface area contributed by atoms with E-state index in [0.717, 1.165) is 85.2 Å². The Balaban J connectivity index is 1.25. The summed E-state index contributed by atoms with van der Waals surface area (Å²) in [6.07, 6.45) is 4.31. The van der Waals surface area contributed by atoms with Gasteiger partial charge in [-0.25, -0.2) is 15.0 Å². The van der Waals surface area contributed by atoms with Crippen LogP contribution >= 0.6 is 11.3 Å². The van der Waals surface area contributed by atoms with Crippen LogP contribution in [-0.4, -0.2) is 84.5 Å². The number of nitrogens with zero attached hydrogens (tertiary/aromatic N) is 9. The van der Waals surface area contributed by atoms with E-state index in [9.17, 15) is 18.0 Å². The van der Waals surface area contributed by atoms with Gasteiger partial charge in [-0.2, -0.15) is 13.2 Å². The number of nitrogens with one attached hydrogen (secondary N) is 1. The third kappa shape index (κ3) is 5.30. The normalized spacial score (nSPS) is 17.3. The number of hydrogen-bond acceptors (Lipinski definition) is 9. The molecule has 15 heteroatoms. The summed E-state index contributed by atoms with van der Waals surface area (Å²) in [6.45, 7) is 4.52. The molecule has 1 saturated carbocycles. The van der Waals surface area contributed by atoms with Gasteiger partial charge in [0.25, 0.3) is 5.91 Å². The minimum Gasteiger partial charge on any atom is -0.366 e. The minimum absolute atomic E-state index is 0.0289. The van der Waals surface area contributed by atoms with Crippen LogP contribution in [0.5, 0.6) is 0 Å². The molecule has 1 saturated heterocycles. The number of likely N-dealkylation sites (N-methyl/N-ethyl adjacent to an activating group) is 1. The van der Waals surface area contributed by atoms with Crippen molar-refractivity contribution in [1.82, 2.24) is 39.2 Å². The number of carbonyl (C=O) groups is 1. The van der Waals surface area contributed by atoms with E-state index in [1.807, 2.05) is 10.8 Å². The number of hydrogen-bond donors (Lipinski definition) is 1. The lowest BCUT2D eigenvalue weighted by Crippen LogP contribution is -2.44. The molecule has 1 aliphatic heterocycles. The summed E-state index contributed by atoms with van der Waals surface area (Å²) < 4.78 is 42.7. The molecule has 210 valence electrons. The maximum absolute atomic E-state index is 13.3. The number of thiazole rings is 1. The molecule has 6 rings (SSSR count). The largest absolute Gasteiger partial charge is 0.408 e. The third-order valence-corrected chi connectivity index (χ3v) is 8.05. The average Bonchev–Trinajstić information content (AvgIpc) is 3.30. The molecule has 0 bridgehead atoms. The molecule has 0 aromatic carbocycles. The highest BCUT2D eigenvalue weighted by molar-refractivity contribution is 7.13. The summed E-state index contributed by atoms with van der Waals surface area (Å²) in [4.78, 5) is 31.1. The van der Waals surface area contributed by atoms with E-state index in [-0.39, 0.29) is 22.3 Å². The van der Waals surface area contributed by atoms with Crippen LogP contribution in [0.4, 0.5) is 24.7 Å². The van der Waals surface area contributed by atoms with Crippen LogP contribution in [0.25, 0.3) is 16.5 Å². The molecule has 4 aromatic rings. The number of amides is 1. The Morgan fingerprint density at radius 1 is 1.12 bits per heavy atom. The van der Waals surface area contributed by atoms with Crippen molar-refractivity contribution >= 4 is 28.7 Å². The van der Waals surface area contributed by atoms with E-state index >= 15 is 0 Å². The number of aromatic nitrogens is 7. The van der Waals surface area contributed by atoms with Gasteiger partial charge < -0.3 is 19.7 Å². The quantitative estimate of drug-likeness (QED) is 0.354. The van der Waals surface area contributed by atoms with Gasteiger partial charge in [0.2, 0.25) is 0 Å². The zero-order valence-electron chi connectivity index (χ0n) is 21.8. The van der Waals surface area contributed by atoms with Crippen molar-refractivity contribution < 1.29 is 18.0 Å². The second-order valence-corrected chi connectivity index (χ2v) is 11.0. The second kappa shape index (κ2) is 10.3. The van der Waals surface area contributed by atoms with E-state index in [1.165, 1.54) is 0 Å². The van der Waals surface area contributed by atoms with Gasteiger partial charge in [0.15, 0.2) is 10.8 Å². The first-order valence-electron chi connectivity index (χ1n) is 12.9. The maximum atomic E-state index is 13.3. The molecule has 40 heavy (non-hydrogen) atoms. The molecule has 1 N–H and O–H groups in total. The Morgan fingerprint density at radius 3 is 2.62 bits per heavy atom. The van der Waals surface area contributed by atoms with Crippen molar-refractivity contribution in [2.24, 2.45) is 0 Å². The molecule has 1 aliphatic carbocycles. The minimum atomic E-state index is -4.47. The highest BCUT2D eigenvalue weighted by Gasteiger charge is 2.39. The predicted octanol–water partition coefficient (Wildman–Crippen LogP) is 3.99. The highest BCUT2D eigenvalue weighted by atomic mass is 32.1. The number of halogens is 3. The molecular formula is C25H27F3N10OS. The van der Waals surface area contributed by atoms with Crippen LogP contribution < -0.4 is 10.2 Å². The number of pyridine rings is 1. The topological polar surface area (TPSA) is 110 Å². The SMILES string of the molecule is CC(n1cnnc1-c1nc(NC(=O)c2cc(-n3cnc(C4CC4)c3)c(N3CCN(C)CC3)cn2)cs1)C(F)(F)F. The summed E-state index contributed by atoms with van der Waals surface area (Å²) in [7, 11) is 2.09. The van der Waals surface area contributed by atoms with E-state index < -0.39 is 18.1 Å². The first-order chi connectivity index (χ1) is 19.2. The first kappa shape index (κ1) is 26.4. The number of alkyl halides is 3. The number of imidazole rings is 1. The average molecular weight is 573 g/mol. The summed E-state index contributed by atoms with van der Waals surface area (Å²) in [5.41, 5.74) is 2.93. The number of carbonyl (C=O) groups excluding carboxylic acids is 1. The fraction of sp³-hybridized carbons (Fsp3) is 0.440. The Labute approximate surface area is 231 Å². The van der Waals surface area contributed by atoms with Crippen LogP contribution in [0.3, 0.4) is 0 Å². The molecule has 0 radical (unpaired) electrons. The van der Waals surface area contributed by atoms with Crippen LogP contribution in [-0.2, 0) is 0 Å². The second-order valence-electron chi connectivity index (χ2n) is 10.1. The molecule has 2 fully saturated rings. The molecule has 11 nitrogen and oxygen atoms in total. The molecule has 0 spiro atoms. The van der Waals surface area contributed by atoms with Gasteiger partial charge in [-0.1, -0.05) is 0 Å². The molecule has 5 heterocycles. The monoisotopic (exact) mass is 572 g/mol. The fourth-order valence-electron chi connectivity index (χ4n) is 4.57.